The Morgan fingerprint density at radius 3 is 1.16 bits per heavy atom. The van der Waals surface area contributed by atoms with Gasteiger partial charge < -0.3 is 25.7 Å². The third kappa shape index (κ3) is 16.0. The molecule has 0 aromatic heterocycles. The first-order valence-corrected chi connectivity index (χ1v) is 33.1. The monoisotopic (exact) mass is 1480 g/mol. The van der Waals surface area contributed by atoms with E-state index in [0.29, 0.717) is 27.7 Å². The van der Waals surface area contributed by atoms with Gasteiger partial charge in [0.15, 0.2) is 11.5 Å². The predicted molar refractivity (Wildman–Crippen MR) is 324 cm³/mol. The van der Waals surface area contributed by atoms with Crippen molar-refractivity contribution in [1.29, 1.82) is 0 Å². The van der Waals surface area contributed by atoms with E-state index in [1.54, 1.807) is 31.2 Å². The third-order valence-electron chi connectivity index (χ3n) is 13.2. The summed E-state index contributed by atoms with van der Waals surface area (Å²) >= 11 is 0. The van der Waals surface area contributed by atoms with Crippen LogP contribution in [0, 0.1) is 13.8 Å². The van der Waals surface area contributed by atoms with Crippen molar-refractivity contribution in [1.82, 2.24) is 0 Å². The van der Waals surface area contributed by atoms with Gasteiger partial charge in [-0.1, -0.05) is 30.3 Å². The van der Waals surface area contributed by atoms with E-state index in [9.17, 15) is 85.3 Å². The fourth-order valence-corrected chi connectivity index (χ4v) is 12.6. The van der Waals surface area contributed by atoms with Crippen LogP contribution in [0.25, 0.3) is 43.1 Å². The summed E-state index contributed by atoms with van der Waals surface area (Å²) in [5.41, 5.74) is -0.136. The Bertz CT molecular complexity index is 5650. The van der Waals surface area contributed by atoms with E-state index in [2.05, 4.69) is 46.2 Å². The van der Waals surface area contributed by atoms with Crippen LogP contribution < -0.4 is 5.32 Å². The number of phenolic OH excluding ortho intramolecular Hbond substituents is 4. The van der Waals surface area contributed by atoms with Gasteiger partial charge >= 0.3 is 10.6 Å². The van der Waals surface area contributed by atoms with Gasteiger partial charge in [0.1, 0.15) is 58.7 Å². The van der Waals surface area contributed by atoms with E-state index < -0.39 is 109 Å². The van der Waals surface area contributed by atoms with Crippen molar-refractivity contribution < 1.29 is 132 Å². The average Bonchev–Trinajstić information content (AvgIpc) is 0.780. The van der Waals surface area contributed by atoms with E-state index in [-0.39, 0.29) is 118 Å². The molecule has 31 nitrogen and oxygen atoms in total. The molecule has 39 heteroatoms. The second-order valence-corrected chi connectivity index (χ2v) is 26.6. The first-order chi connectivity index (χ1) is 42.5. The maximum absolute atomic E-state index is 12.8. The molecule has 93 heavy (non-hydrogen) atoms. The zero-order valence-corrected chi connectivity index (χ0v) is 53.0. The minimum absolute atomic E-state index is 0. The fourth-order valence-electron chi connectivity index (χ4n) is 9.11. The molecular weight excluding hydrogens is 1450 g/mol. The second kappa shape index (κ2) is 27.2. The van der Waals surface area contributed by atoms with Crippen molar-refractivity contribution in [2.75, 3.05) is 5.32 Å². The standard InChI is InChI=1S/C54H39N9O19S5.2Cu.O3S/c1-26-15-43(45(64)24-41(26)59-56-32-20-38-36(49(22-32)85(74,75)76)5-3-7-47(38)83(68,69)70)61-58-40-14-9-28-17-30(10-12-34(28)53(40)66)55-31-11-13-35-29(18-31)19-51(87(80,81)82)52(54(35)67)63-62-44-16-27(2)42(25-46(44)65)60-57-33-21-39-37(50(23-33)86(77,78)79)6-4-8-48(39)84(71,72)73;;;1-4(2)3/h3-25,55,64-67H,1-2H3,(H,68,69,70)(H,71,72,73)(H,74,75,76)(H,77,78,79)(H,80,81,82);;;. The van der Waals surface area contributed by atoms with Gasteiger partial charge in [0.25, 0.3) is 50.6 Å². The normalized spacial score (nSPS) is 12.4. The summed E-state index contributed by atoms with van der Waals surface area (Å²) in [5, 5.41) is 79.6. The zero-order valence-electron chi connectivity index (χ0n) is 46.2. The van der Waals surface area contributed by atoms with Crippen molar-refractivity contribution in [2.45, 2.75) is 38.3 Å². The molecule has 0 heterocycles. The van der Waals surface area contributed by atoms with Crippen LogP contribution in [0.3, 0.4) is 0 Å². The Balaban J connectivity index is 0.00000198. The number of benzene rings is 10. The van der Waals surface area contributed by atoms with Gasteiger partial charge in [-0.2, -0.15) is 62.5 Å². The van der Waals surface area contributed by atoms with Gasteiger partial charge in [0.05, 0.1) is 22.7 Å². The van der Waals surface area contributed by atoms with Gasteiger partial charge in [0.2, 0.25) is 0 Å². The molecule has 0 amide bonds. The number of fused-ring (bicyclic) bond motifs is 4. The molecule has 0 saturated heterocycles. The molecule has 10 aromatic carbocycles. The minimum atomic E-state index is -5.12. The molecule has 10 rings (SSSR count). The molecule has 0 saturated carbocycles. The van der Waals surface area contributed by atoms with Crippen molar-refractivity contribution in [3.05, 3.63) is 151 Å². The number of azo groups is 4. The van der Waals surface area contributed by atoms with Gasteiger partial charge in [-0.3, -0.25) is 22.8 Å². The summed E-state index contributed by atoms with van der Waals surface area (Å²) in [4.78, 5) is -3.65. The molecule has 0 aliphatic carbocycles. The molecule has 0 atom stereocenters. The predicted octanol–water partition coefficient (Wildman–Crippen LogP) is 12.4. The van der Waals surface area contributed by atoms with Gasteiger partial charge in [-0.15, -0.1) is 33.1 Å². The molecule has 490 valence electrons. The summed E-state index contributed by atoms with van der Waals surface area (Å²) in [6, 6.07) is 29.0. The summed E-state index contributed by atoms with van der Waals surface area (Å²) in [7, 11) is -27.9. The Kier molecular flexibility index (Phi) is 20.9. The fraction of sp³-hybridized carbons (Fsp3) is 0.0370. The molecule has 10 N–H and O–H groups in total. The van der Waals surface area contributed by atoms with E-state index in [0.717, 1.165) is 60.7 Å². The van der Waals surface area contributed by atoms with Crippen molar-refractivity contribution in [3.63, 3.8) is 0 Å². The molecule has 0 bridgehead atoms. The maximum atomic E-state index is 12.8. The van der Waals surface area contributed by atoms with Crippen molar-refractivity contribution in [3.8, 4) is 23.0 Å². The summed E-state index contributed by atoms with van der Waals surface area (Å²) in [6.45, 7) is 3.05. The molecule has 10 aromatic rings. The number of phenols is 4. The summed E-state index contributed by atoms with van der Waals surface area (Å²) in [5.74, 6) is -2.08. The molecule has 0 fully saturated rings. The van der Waals surface area contributed by atoms with Crippen LogP contribution in [0.5, 0.6) is 23.0 Å². The van der Waals surface area contributed by atoms with Crippen LogP contribution in [0.1, 0.15) is 11.1 Å². The first-order valence-electron chi connectivity index (χ1n) is 24.9. The number of nitrogens with one attached hydrogen (secondary N) is 1. The van der Waals surface area contributed by atoms with Crippen LogP contribution in [-0.2, 0) is 95.3 Å². The molecule has 0 unspecified atom stereocenters. The van der Waals surface area contributed by atoms with Crippen LogP contribution in [0.15, 0.2) is 205 Å². The maximum Gasteiger partial charge on any atom is 0.425 e. The number of hydrogen-bond acceptors (Lipinski definition) is 26. The Labute approximate surface area is 547 Å². The number of aromatic hydroxyl groups is 4. The van der Waals surface area contributed by atoms with Crippen LogP contribution in [-0.4, -0.2) is 97.9 Å². The average molecular weight is 1490 g/mol. The summed E-state index contributed by atoms with van der Waals surface area (Å²) < 4.78 is 198. The molecule has 0 spiro atoms. The number of aryl methyl sites for hydroxylation is 2. The van der Waals surface area contributed by atoms with E-state index in [4.69, 9.17) is 12.6 Å². The van der Waals surface area contributed by atoms with E-state index >= 15 is 0 Å². The van der Waals surface area contributed by atoms with Crippen LogP contribution in [0.4, 0.5) is 56.9 Å². The SMILES string of the molecule is Cc1cc(N=Nc2ccc3cc(Nc4ccc5c(O)c(N=Nc6cc(C)c(N=Nc7cc(S(=O)(=O)O)c8cccc(S(=O)(=O)O)c8c7)cc6O)c(S(=O)(=O)O)cc5c4)ccc3c2O)c(O)cc1N=Nc1cc(S(=O)(=O)O)c2cccc(S(=O)(=O)O)c2c1.O=S(=O)=O.[Cu].[Cu]. The van der Waals surface area contributed by atoms with Gasteiger partial charge in [0, 0.05) is 90.0 Å². The Morgan fingerprint density at radius 1 is 0.344 bits per heavy atom. The van der Waals surface area contributed by atoms with Crippen molar-refractivity contribution >= 4 is 161 Å². The van der Waals surface area contributed by atoms with Crippen LogP contribution in [0.2, 0.25) is 0 Å². The Morgan fingerprint density at radius 2 is 0.731 bits per heavy atom. The quantitative estimate of drug-likeness (QED) is 0.0259. The molecular formula is C54H39Cu2N9O22S6. The van der Waals surface area contributed by atoms with Gasteiger partial charge in [-0.25, -0.2) is 0 Å². The number of hydrogen-bond donors (Lipinski definition) is 10. The summed E-state index contributed by atoms with van der Waals surface area (Å²) in [6.07, 6.45) is 0. The van der Waals surface area contributed by atoms with Gasteiger partial charge in [-0.05, 0) is 133 Å². The van der Waals surface area contributed by atoms with E-state index in [1.165, 1.54) is 61.5 Å². The zero-order chi connectivity index (χ0) is 66.4. The Hall–Kier alpha value is -9.15. The minimum Gasteiger partial charge on any atom is -0.506 e. The largest absolute Gasteiger partial charge is 0.506 e. The second-order valence-electron chi connectivity index (χ2n) is 19.2. The van der Waals surface area contributed by atoms with Crippen LogP contribution >= 0.6 is 0 Å². The first kappa shape index (κ1) is 71.3. The number of anilines is 2. The van der Waals surface area contributed by atoms with Crippen molar-refractivity contribution in [2.24, 2.45) is 40.9 Å². The number of rotatable bonds is 15. The molecule has 0 aliphatic heterocycles. The van der Waals surface area contributed by atoms with E-state index in [1.807, 2.05) is 0 Å². The molecule has 2 radical (unpaired) electrons. The molecule has 0 aliphatic rings. The third-order valence-corrected chi connectivity index (χ3v) is 17.6. The number of nitrogens with zero attached hydrogens (tertiary/aromatic N) is 8. The topological polar surface area (TPSA) is 515 Å². The smallest absolute Gasteiger partial charge is 0.425 e.